The Morgan fingerprint density at radius 3 is 2.47 bits per heavy atom. The molecule has 1 amide bonds. The van der Waals surface area contributed by atoms with Crippen LogP contribution in [0.4, 0.5) is 0 Å². The minimum Gasteiger partial charge on any atom is -0.325 e. The molecule has 17 heavy (non-hydrogen) atoms. The van der Waals surface area contributed by atoms with Crippen molar-refractivity contribution in [2.45, 2.75) is 57.0 Å². The van der Waals surface area contributed by atoms with Gasteiger partial charge in [-0.05, 0) is 31.6 Å². The number of nitrogens with zero attached hydrogens (tertiary/aromatic N) is 2. The molecular formula is C13H21N3O. The third kappa shape index (κ3) is 2.98. The number of nitriles is 1. The third-order valence-electron chi connectivity index (χ3n) is 3.95. The summed E-state index contributed by atoms with van der Waals surface area (Å²) in [4.78, 5) is 14.0. The smallest absolute Gasteiger partial charge is 0.240 e. The molecule has 1 atom stereocenters. The molecule has 2 aliphatic carbocycles. The van der Waals surface area contributed by atoms with Gasteiger partial charge in [0, 0.05) is 6.04 Å². The van der Waals surface area contributed by atoms with Crippen LogP contribution in [-0.2, 0) is 4.79 Å². The molecule has 0 heterocycles. The Balaban J connectivity index is 1.94. The first-order chi connectivity index (χ1) is 8.24. The second-order valence-corrected chi connectivity index (χ2v) is 5.28. The van der Waals surface area contributed by atoms with Crippen molar-refractivity contribution in [1.82, 2.24) is 4.90 Å². The lowest BCUT2D eigenvalue weighted by Crippen LogP contribution is -2.49. The van der Waals surface area contributed by atoms with Gasteiger partial charge >= 0.3 is 0 Å². The Morgan fingerprint density at radius 1 is 1.29 bits per heavy atom. The van der Waals surface area contributed by atoms with E-state index in [4.69, 9.17) is 11.0 Å². The van der Waals surface area contributed by atoms with Crippen LogP contribution in [0.1, 0.15) is 44.9 Å². The highest BCUT2D eigenvalue weighted by molar-refractivity contribution is 5.82. The Morgan fingerprint density at radius 2 is 1.94 bits per heavy atom. The molecule has 0 saturated heterocycles. The number of hydrogen-bond donors (Lipinski definition) is 1. The average molecular weight is 235 g/mol. The first-order valence-electron chi connectivity index (χ1n) is 6.67. The quantitative estimate of drug-likeness (QED) is 0.749. The van der Waals surface area contributed by atoms with Crippen LogP contribution in [0.2, 0.25) is 0 Å². The molecule has 0 bridgehead atoms. The Hall–Kier alpha value is -1.08. The van der Waals surface area contributed by atoms with Crippen LogP contribution in [0.25, 0.3) is 0 Å². The molecule has 2 aliphatic rings. The van der Waals surface area contributed by atoms with Crippen molar-refractivity contribution in [3.8, 4) is 6.07 Å². The van der Waals surface area contributed by atoms with Crippen molar-refractivity contribution in [3.05, 3.63) is 0 Å². The summed E-state index contributed by atoms with van der Waals surface area (Å²) in [5.74, 6) is 0.331. The molecule has 0 aliphatic heterocycles. The fraction of sp³-hybridized carbons (Fsp3) is 0.846. The first-order valence-corrected chi connectivity index (χ1v) is 6.67. The number of nitrogens with two attached hydrogens (primary N) is 1. The van der Waals surface area contributed by atoms with Crippen LogP contribution < -0.4 is 5.73 Å². The summed E-state index contributed by atoms with van der Waals surface area (Å²) in [6, 6.07) is 1.98. The van der Waals surface area contributed by atoms with Gasteiger partial charge in [0.2, 0.25) is 5.91 Å². The maximum absolute atomic E-state index is 12.3. The first kappa shape index (κ1) is 12.4. The van der Waals surface area contributed by atoms with Crippen LogP contribution in [0, 0.1) is 17.2 Å². The van der Waals surface area contributed by atoms with Gasteiger partial charge in [-0.3, -0.25) is 4.79 Å². The van der Waals surface area contributed by atoms with E-state index in [-0.39, 0.29) is 24.5 Å². The van der Waals surface area contributed by atoms with Crippen molar-refractivity contribution in [1.29, 1.82) is 5.26 Å². The highest BCUT2D eigenvalue weighted by atomic mass is 16.2. The fourth-order valence-electron chi connectivity index (χ4n) is 2.74. The molecular weight excluding hydrogens is 214 g/mol. The average Bonchev–Trinajstić information content (AvgIpc) is 3.19. The van der Waals surface area contributed by atoms with Gasteiger partial charge in [0.15, 0.2) is 0 Å². The topological polar surface area (TPSA) is 70.1 Å². The molecule has 0 aromatic carbocycles. The Kier molecular flexibility index (Phi) is 4.01. The van der Waals surface area contributed by atoms with E-state index in [9.17, 15) is 4.79 Å². The molecule has 0 spiro atoms. The van der Waals surface area contributed by atoms with Gasteiger partial charge in [-0.15, -0.1) is 0 Å². The van der Waals surface area contributed by atoms with E-state index in [2.05, 4.69) is 6.07 Å². The number of carbonyl (C=O) groups is 1. The second-order valence-electron chi connectivity index (χ2n) is 5.28. The minimum atomic E-state index is -0.385. The Labute approximate surface area is 103 Å². The van der Waals surface area contributed by atoms with Gasteiger partial charge in [-0.1, -0.05) is 19.3 Å². The molecule has 0 aromatic heterocycles. The van der Waals surface area contributed by atoms with Crippen molar-refractivity contribution >= 4 is 5.91 Å². The summed E-state index contributed by atoms with van der Waals surface area (Å²) in [5.41, 5.74) is 6.09. The predicted molar refractivity (Wildman–Crippen MR) is 64.9 cm³/mol. The van der Waals surface area contributed by atoms with Crippen LogP contribution in [-0.4, -0.2) is 29.4 Å². The van der Waals surface area contributed by atoms with E-state index < -0.39 is 0 Å². The molecule has 0 radical (unpaired) electrons. The lowest BCUT2D eigenvalue weighted by molar-refractivity contribution is -0.134. The van der Waals surface area contributed by atoms with Gasteiger partial charge in [0.05, 0.1) is 12.1 Å². The van der Waals surface area contributed by atoms with E-state index in [1.165, 1.54) is 19.3 Å². The molecule has 2 N–H and O–H groups in total. The van der Waals surface area contributed by atoms with Crippen LogP contribution in [0.5, 0.6) is 0 Å². The maximum Gasteiger partial charge on any atom is 0.240 e. The molecule has 2 saturated carbocycles. The lowest BCUT2D eigenvalue weighted by Gasteiger charge is -2.30. The van der Waals surface area contributed by atoms with Crippen molar-refractivity contribution in [2.75, 3.05) is 6.54 Å². The largest absolute Gasteiger partial charge is 0.325 e. The minimum absolute atomic E-state index is 0.000880. The van der Waals surface area contributed by atoms with Gasteiger partial charge in [0.25, 0.3) is 0 Å². The summed E-state index contributed by atoms with van der Waals surface area (Å²) in [6.07, 6.45) is 7.84. The van der Waals surface area contributed by atoms with E-state index >= 15 is 0 Å². The number of hydrogen-bond acceptors (Lipinski definition) is 3. The number of rotatable bonds is 4. The zero-order chi connectivity index (χ0) is 12.3. The molecule has 94 valence electrons. The second kappa shape index (κ2) is 5.50. The van der Waals surface area contributed by atoms with Crippen LogP contribution >= 0.6 is 0 Å². The molecule has 2 fully saturated rings. The van der Waals surface area contributed by atoms with Crippen molar-refractivity contribution in [3.63, 3.8) is 0 Å². The predicted octanol–water partition coefficient (Wildman–Crippen LogP) is 1.41. The Bertz CT molecular complexity index is 313. The van der Waals surface area contributed by atoms with Crippen molar-refractivity contribution in [2.24, 2.45) is 11.7 Å². The van der Waals surface area contributed by atoms with Gasteiger partial charge < -0.3 is 10.6 Å². The molecule has 0 aromatic rings. The zero-order valence-corrected chi connectivity index (χ0v) is 10.3. The van der Waals surface area contributed by atoms with Crippen molar-refractivity contribution < 1.29 is 4.79 Å². The summed E-state index contributed by atoms with van der Waals surface area (Å²) in [6.45, 7) is 0.198. The van der Waals surface area contributed by atoms with E-state index in [1.54, 1.807) is 4.90 Å². The lowest BCUT2D eigenvalue weighted by atomic mass is 9.83. The molecule has 4 heteroatoms. The third-order valence-corrected chi connectivity index (χ3v) is 3.95. The zero-order valence-electron chi connectivity index (χ0n) is 10.3. The number of amides is 1. The SMILES string of the molecule is N#CCN(C(=O)[C@@H](N)C1CCCCC1)C1CC1. The monoisotopic (exact) mass is 235 g/mol. The highest BCUT2D eigenvalue weighted by Crippen LogP contribution is 2.30. The summed E-state index contributed by atoms with van der Waals surface area (Å²) in [5, 5.41) is 8.77. The summed E-state index contributed by atoms with van der Waals surface area (Å²) < 4.78 is 0. The molecule has 0 unspecified atom stereocenters. The molecule has 4 nitrogen and oxygen atoms in total. The van der Waals surface area contributed by atoms with Gasteiger partial charge in [0.1, 0.15) is 6.54 Å². The van der Waals surface area contributed by atoms with E-state index in [1.807, 2.05) is 0 Å². The molecule has 2 rings (SSSR count). The summed E-state index contributed by atoms with van der Waals surface area (Å²) >= 11 is 0. The van der Waals surface area contributed by atoms with Crippen LogP contribution in [0.3, 0.4) is 0 Å². The number of carbonyl (C=O) groups excluding carboxylic acids is 1. The van der Waals surface area contributed by atoms with E-state index in [0.29, 0.717) is 5.92 Å². The van der Waals surface area contributed by atoms with Gasteiger partial charge in [-0.2, -0.15) is 5.26 Å². The van der Waals surface area contributed by atoms with E-state index in [0.717, 1.165) is 25.7 Å². The van der Waals surface area contributed by atoms with Crippen LogP contribution in [0.15, 0.2) is 0 Å². The normalized spacial score (nSPS) is 22.8. The standard InChI is InChI=1S/C13H21N3O/c14-8-9-16(11-6-7-11)13(17)12(15)10-4-2-1-3-5-10/h10-12H,1-7,9,15H2/t12-/m0/s1. The highest BCUT2D eigenvalue weighted by Gasteiger charge is 2.37. The maximum atomic E-state index is 12.3. The van der Waals surface area contributed by atoms with Gasteiger partial charge in [-0.25, -0.2) is 0 Å². The fourth-order valence-corrected chi connectivity index (χ4v) is 2.74. The summed E-state index contributed by atoms with van der Waals surface area (Å²) in [7, 11) is 0.